The van der Waals surface area contributed by atoms with Crippen molar-refractivity contribution in [3.8, 4) is 0 Å². The van der Waals surface area contributed by atoms with Gasteiger partial charge in [0, 0.05) is 39.2 Å². The van der Waals surface area contributed by atoms with E-state index in [0.717, 1.165) is 38.5 Å². The molecule has 0 aliphatic carbocycles. The zero-order valence-corrected chi connectivity index (χ0v) is 9.70. The maximum absolute atomic E-state index is 5.46. The van der Waals surface area contributed by atoms with E-state index >= 15 is 0 Å². The molecule has 0 saturated heterocycles. The first-order valence-corrected chi connectivity index (χ1v) is 5.63. The summed E-state index contributed by atoms with van der Waals surface area (Å²) in [6.45, 7) is 4.80. The van der Waals surface area contributed by atoms with Crippen LogP contribution in [-0.2, 0) is 11.8 Å². The highest BCUT2D eigenvalue weighted by Gasteiger charge is 1.96. The molecule has 4 heteroatoms. The number of hydrogen-bond donors (Lipinski definition) is 1. The first-order valence-electron chi connectivity index (χ1n) is 5.63. The van der Waals surface area contributed by atoms with Gasteiger partial charge in [0.05, 0.1) is 0 Å². The van der Waals surface area contributed by atoms with Gasteiger partial charge in [0.2, 0.25) is 5.95 Å². The first kappa shape index (κ1) is 12.0. The Kier molecular flexibility index (Phi) is 5.85. The van der Waals surface area contributed by atoms with E-state index in [1.54, 1.807) is 6.20 Å². The molecule has 1 aromatic heterocycles. The molecule has 86 valence electrons. The highest BCUT2D eigenvalue weighted by molar-refractivity contribution is 5.24. The largest absolute Gasteiger partial charge is 0.381 e. The van der Waals surface area contributed by atoms with Crippen molar-refractivity contribution >= 4 is 5.95 Å². The van der Waals surface area contributed by atoms with Crippen LogP contribution in [0, 0.1) is 0 Å². The molecule has 1 heterocycles. The van der Waals surface area contributed by atoms with Crippen LogP contribution < -0.4 is 5.32 Å². The van der Waals surface area contributed by atoms with Crippen LogP contribution in [0.15, 0.2) is 12.4 Å². The van der Waals surface area contributed by atoms with Gasteiger partial charge in [-0.1, -0.05) is 13.3 Å². The number of aryl methyl sites for hydroxylation is 1. The SMILES string of the molecule is CCCCOCCCNc1nccn1C. The normalized spacial score (nSPS) is 10.5. The number of nitrogens with zero attached hydrogens (tertiary/aromatic N) is 2. The molecule has 1 aromatic rings. The summed E-state index contributed by atoms with van der Waals surface area (Å²) >= 11 is 0. The van der Waals surface area contributed by atoms with Gasteiger partial charge in [-0.15, -0.1) is 0 Å². The number of rotatable bonds is 8. The molecule has 0 fully saturated rings. The summed E-state index contributed by atoms with van der Waals surface area (Å²) in [5.74, 6) is 0.920. The van der Waals surface area contributed by atoms with E-state index in [2.05, 4.69) is 17.2 Å². The second-order valence-electron chi connectivity index (χ2n) is 3.61. The Bertz CT molecular complexity index is 260. The number of hydrogen-bond acceptors (Lipinski definition) is 3. The van der Waals surface area contributed by atoms with Crippen LogP contribution in [0.5, 0.6) is 0 Å². The Morgan fingerprint density at radius 2 is 2.20 bits per heavy atom. The predicted molar refractivity (Wildman–Crippen MR) is 62.0 cm³/mol. The van der Waals surface area contributed by atoms with Crippen molar-refractivity contribution in [1.82, 2.24) is 9.55 Å². The van der Waals surface area contributed by atoms with E-state index < -0.39 is 0 Å². The summed E-state index contributed by atoms with van der Waals surface area (Å²) in [6, 6.07) is 0. The van der Waals surface area contributed by atoms with Gasteiger partial charge in [-0.05, 0) is 12.8 Å². The summed E-state index contributed by atoms with van der Waals surface area (Å²) in [5.41, 5.74) is 0. The van der Waals surface area contributed by atoms with Crippen molar-refractivity contribution in [2.24, 2.45) is 7.05 Å². The number of aromatic nitrogens is 2. The van der Waals surface area contributed by atoms with Crippen LogP contribution in [0.4, 0.5) is 5.95 Å². The molecule has 1 N–H and O–H groups in total. The highest BCUT2D eigenvalue weighted by atomic mass is 16.5. The Morgan fingerprint density at radius 3 is 2.87 bits per heavy atom. The van der Waals surface area contributed by atoms with Crippen LogP contribution >= 0.6 is 0 Å². The lowest BCUT2D eigenvalue weighted by atomic mass is 10.4. The average Bonchev–Trinajstić information content (AvgIpc) is 2.63. The minimum absolute atomic E-state index is 0.831. The summed E-state index contributed by atoms with van der Waals surface area (Å²) in [4.78, 5) is 4.17. The van der Waals surface area contributed by atoms with Crippen molar-refractivity contribution in [3.63, 3.8) is 0 Å². The quantitative estimate of drug-likeness (QED) is 0.669. The first-order chi connectivity index (χ1) is 7.34. The van der Waals surface area contributed by atoms with Crippen molar-refractivity contribution < 1.29 is 4.74 Å². The third-order valence-electron chi connectivity index (χ3n) is 2.21. The van der Waals surface area contributed by atoms with Crippen LogP contribution in [0.25, 0.3) is 0 Å². The molecule has 0 amide bonds. The molecule has 0 atom stereocenters. The topological polar surface area (TPSA) is 39.1 Å². The van der Waals surface area contributed by atoms with E-state index in [-0.39, 0.29) is 0 Å². The van der Waals surface area contributed by atoms with Gasteiger partial charge in [-0.3, -0.25) is 0 Å². The molecule has 0 aliphatic rings. The number of imidazole rings is 1. The van der Waals surface area contributed by atoms with Crippen molar-refractivity contribution in [2.75, 3.05) is 25.1 Å². The summed E-state index contributed by atoms with van der Waals surface area (Å²) in [6.07, 6.45) is 7.11. The van der Waals surface area contributed by atoms with Gasteiger partial charge in [0.25, 0.3) is 0 Å². The van der Waals surface area contributed by atoms with Crippen molar-refractivity contribution in [3.05, 3.63) is 12.4 Å². The highest BCUT2D eigenvalue weighted by Crippen LogP contribution is 2.00. The zero-order chi connectivity index (χ0) is 10.9. The fraction of sp³-hybridized carbons (Fsp3) is 0.727. The Balaban J connectivity index is 1.96. The average molecular weight is 211 g/mol. The summed E-state index contributed by atoms with van der Waals surface area (Å²) in [7, 11) is 1.98. The molecule has 0 aliphatic heterocycles. The molecule has 0 saturated carbocycles. The lowest BCUT2D eigenvalue weighted by Gasteiger charge is -2.06. The van der Waals surface area contributed by atoms with E-state index in [1.165, 1.54) is 6.42 Å². The van der Waals surface area contributed by atoms with Crippen LogP contribution in [0.2, 0.25) is 0 Å². The Morgan fingerprint density at radius 1 is 1.40 bits per heavy atom. The number of nitrogens with one attached hydrogen (secondary N) is 1. The predicted octanol–water partition coefficient (Wildman–Crippen LogP) is 2.04. The van der Waals surface area contributed by atoms with Crippen molar-refractivity contribution in [1.29, 1.82) is 0 Å². The van der Waals surface area contributed by atoms with E-state index in [4.69, 9.17) is 4.74 Å². The smallest absolute Gasteiger partial charge is 0.202 e. The molecule has 0 bridgehead atoms. The molecule has 0 radical (unpaired) electrons. The zero-order valence-electron chi connectivity index (χ0n) is 9.70. The lowest BCUT2D eigenvalue weighted by molar-refractivity contribution is 0.131. The maximum atomic E-state index is 5.46. The standard InChI is InChI=1S/C11H21N3O/c1-3-4-9-15-10-5-6-12-11-13-7-8-14(11)2/h7-8H,3-6,9-10H2,1-2H3,(H,12,13). The number of unbranched alkanes of at least 4 members (excludes halogenated alkanes) is 1. The van der Waals surface area contributed by atoms with Crippen LogP contribution in [0.1, 0.15) is 26.2 Å². The fourth-order valence-corrected chi connectivity index (χ4v) is 1.26. The van der Waals surface area contributed by atoms with Crippen LogP contribution in [0.3, 0.4) is 0 Å². The van der Waals surface area contributed by atoms with E-state index in [0.29, 0.717) is 0 Å². The molecule has 0 unspecified atom stereocenters. The van der Waals surface area contributed by atoms with Crippen molar-refractivity contribution in [2.45, 2.75) is 26.2 Å². The van der Waals surface area contributed by atoms with E-state index in [1.807, 2.05) is 17.8 Å². The van der Waals surface area contributed by atoms with Gasteiger partial charge in [0.1, 0.15) is 0 Å². The summed E-state index contributed by atoms with van der Waals surface area (Å²) in [5, 5.41) is 3.26. The molecule has 0 spiro atoms. The Labute approximate surface area is 91.7 Å². The fourth-order valence-electron chi connectivity index (χ4n) is 1.26. The molecule has 15 heavy (non-hydrogen) atoms. The minimum Gasteiger partial charge on any atom is -0.381 e. The maximum Gasteiger partial charge on any atom is 0.202 e. The van der Waals surface area contributed by atoms with Gasteiger partial charge in [-0.25, -0.2) is 4.98 Å². The van der Waals surface area contributed by atoms with Gasteiger partial charge in [0.15, 0.2) is 0 Å². The molecule has 1 rings (SSSR count). The minimum atomic E-state index is 0.831. The molecular formula is C11H21N3O. The Hall–Kier alpha value is -1.03. The molecule has 0 aromatic carbocycles. The van der Waals surface area contributed by atoms with E-state index in [9.17, 15) is 0 Å². The molecular weight excluding hydrogens is 190 g/mol. The van der Waals surface area contributed by atoms with Gasteiger partial charge < -0.3 is 14.6 Å². The second-order valence-corrected chi connectivity index (χ2v) is 3.61. The lowest BCUT2D eigenvalue weighted by Crippen LogP contribution is -2.09. The second kappa shape index (κ2) is 7.29. The number of ether oxygens (including phenoxy) is 1. The summed E-state index contributed by atoms with van der Waals surface area (Å²) < 4.78 is 7.43. The third-order valence-corrected chi connectivity index (χ3v) is 2.21. The van der Waals surface area contributed by atoms with Crippen LogP contribution in [-0.4, -0.2) is 29.3 Å². The van der Waals surface area contributed by atoms with Gasteiger partial charge in [-0.2, -0.15) is 0 Å². The van der Waals surface area contributed by atoms with Gasteiger partial charge >= 0.3 is 0 Å². The molecule has 4 nitrogen and oxygen atoms in total. The number of anilines is 1. The monoisotopic (exact) mass is 211 g/mol. The third kappa shape index (κ3) is 4.83.